The van der Waals surface area contributed by atoms with Crippen LogP contribution in [0.3, 0.4) is 0 Å². The molecule has 144 valence electrons. The van der Waals surface area contributed by atoms with E-state index in [1.807, 2.05) is 0 Å². The average Bonchev–Trinajstić information content (AvgIpc) is 2.95. The number of benzene rings is 2. The molecule has 28 heavy (non-hydrogen) atoms. The summed E-state index contributed by atoms with van der Waals surface area (Å²) in [7, 11) is 3.02. The lowest BCUT2D eigenvalue weighted by molar-refractivity contribution is -0.385. The van der Waals surface area contributed by atoms with Crippen LogP contribution in [0.1, 0.15) is 11.1 Å². The lowest BCUT2D eigenvalue weighted by Gasteiger charge is -2.12. The van der Waals surface area contributed by atoms with Gasteiger partial charge in [-0.2, -0.15) is 0 Å². The van der Waals surface area contributed by atoms with Crippen LogP contribution in [0.15, 0.2) is 47.4 Å². The van der Waals surface area contributed by atoms with Gasteiger partial charge in [-0.1, -0.05) is 18.2 Å². The van der Waals surface area contributed by atoms with Gasteiger partial charge in [-0.15, -0.1) is 0 Å². The monoisotopic (exact) mass is 400 g/mol. The van der Waals surface area contributed by atoms with Crippen molar-refractivity contribution in [1.82, 2.24) is 4.90 Å². The van der Waals surface area contributed by atoms with Gasteiger partial charge >= 0.3 is 0 Å². The second kappa shape index (κ2) is 8.13. The number of hydrogen-bond donors (Lipinski definition) is 0. The highest BCUT2D eigenvalue weighted by atomic mass is 32.2. The zero-order valence-electron chi connectivity index (χ0n) is 15.1. The first-order valence-electron chi connectivity index (χ1n) is 8.14. The lowest BCUT2D eigenvalue weighted by atomic mass is 10.1. The fourth-order valence-electron chi connectivity index (χ4n) is 2.72. The Labute approximate surface area is 164 Å². The van der Waals surface area contributed by atoms with Crippen molar-refractivity contribution in [2.45, 2.75) is 6.54 Å². The summed E-state index contributed by atoms with van der Waals surface area (Å²) in [4.78, 5) is 36.9. The summed E-state index contributed by atoms with van der Waals surface area (Å²) < 4.78 is 10.5. The molecule has 9 heteroatoms. The molecule has 8 nitrogen and oxygen atoms in total. The number of amides is 2. The van der Waals surface area contributed by atoms with Gasteiger partial charge in [0.2, 0.25) is 0 Å². The Balaban J connectivity index is 1.91. The van der Waals surface area contributed by atoms with Crippen LogP contribution < -0.4 is 9.47 Å². The minimum atomic E-state index is -0.536. The zero-order valence-corrected chi connectivity index (χ0v) is 15.9. The Bertz CT molecular complexity index is 988. The molecule has 0 radical (unpaired) electrons. The van der Waals surface area contributed by atoms with Crippen molar-refractivity contribution < 1.29 is 24.0 Å². The maximum Gasteiger partial charge on any atom is 0.293 e. The summed E-state index contributed by atoms with van der Waals surface area (Å²) in [6, 6.07) is 11.1. The smallest absolute Gasteiger partial charge is 0.293 e. The molecule has 3 rings (SSSR count). The Morgan fingerprint density at radius 3 is 2.57 bits per heavy atom. The quantitative estimate of drug-likeness (QED) is 0.412. The molecule has 0 unspecified atom stereocenters. The Kier molecular flexibility index (Phi) is 5.65. The predicted molar refractivity (Wildman–Crippen MR) is 104 cm³/mol. The summed E-state index contributed by atoms with van der Waals surface area (Å²) in [6.45, 7) is -0.172. The molecule has 0 aliphatic carbocycles. The molecule has 1 aliphatic rings. The van der Waals surface area contributed by atoms with E-state index in [0.717, 1.165) is 16.7 Å². The molecule has 0 saturated carbocycles. The SMILES string of the molecule is COc1ccc(OC)c(/C=C2\SC(=O)N(Cc3ccccc3[N+](=O)[O-])C2=O)c1. The number of carbonyl (C=O) groups is 2. The van der Waals surface area contributed by atoms with Gasteiger partial charge < -0.3 is 9.47 Å². The number of rotatable bonds is 6. The van der Waals surface area contributed by atoms with Crippen LogP contribution in [-0.2, 0) is 11.3 Å². The van der Waals surface area contributed by atoms with Crippen LogP contribution in [0.5, 0.6) is 11.5 Å². The summed E-state index contributed by atoms with van der Waals surface area (Å²) in [5.74, 6) is 0.579. The van der Waals surface area contributed by atoms with Gasteiger partial charge in [-0.05, 0) is 36.0 Å². The minimum absolute atomic E-state index is 0.139. The summed E-state index contributed by atoms with van der Waals surface area (Å²) in [6.07, 6.45) is 1.55. The molecule has 0 atom stereocenters. The van der Waals surface area contributed by atoms with E-state index in [-0.39, 0.29) is 22.7 Å². The van der Waals surface area contributed by atoms with Crippen LogP contribution in [0, 0.1) is 10.1 Å². The first-order valence-corrected chi connectivity index (χ1v) is 8.96. The molecule has 0 bridgehead atoms. The van der Waals surface area contributed by atoms with Crippen molar-refractivity contribution in [3.63, 3.8) is 0 Å². The Hall–Kier alpha value is -3.33. The fraction of sp³-hybridized carbons (Fsp3) is 0.158. The second-order valence-electron chi connectivity index (χ2n) is 5.76. The average molecular weight is 400 g/mol. The number of hydrogen-bond acceptors (Lipinski definition) is 7. The normalized spacial score (nSPS) is 15.2. The van der Waals surface area contributed by atoms with Crippen molar-refractivity contribution in [3.8, 4) is 11.5 Å². The molecule has 1 fully saturated rings. The summed E-state index contributed by atoms with van der Waals surface area (Å²) >= 11 is 0.775. The third-order valence-electron chi connectivity index (χ3n) is 4.11. The zero-order chi connectivity index (χ0) is 20.3. The number of para-hydroxylation sites is 1. The molecular weight excluding hydrogens is 384 g/mol. The van der Waals surface area contributed by atoms with E-state index in [0.29, 0.717) is 17.1 Å². The van der Waals surface area contributed by atoms with Crippen LogP contribution in [0.2, 0.25) is 0 Å². The first-order chi connectivity index (χ1) is 13.4. The second-order valence-corrected chi connectivity index (χ2v) is 6.75. The van der Waals surface area contributed by atoms with E-state index in [2.05, 4.69) is 0 Å². The van der Waals surface area contributed by atoms with Crippen LogP contribution in [0.4, 0.5) is 10.5 Å². The van der Waals surface area contributed by atoms with Gasteiger partial charge in [0.1, 0.15) is 11.5 Å². The molecule has 1 aliphatic heterocycles. The highest BCUT2D eigenvalue weighted by Gasteiger charge is 2.36. The number of carbonyl (C=O) groups excluding carboxylic acids is 2. The lowest BCUT2D eigenvalue weighted by Crippen LogP contribution is -2.27. The third-order valence-corrected chi connectivity index (χ3v) is 5.02. The molecule has 0 spiro atoms. The number of nitro groups is 1. The van der Waals surface area contributed by atoms with Crippen LogP contribution in [0.25, 0.3) is 6.08 Å². The molecule has 2 aromatic rings. The molecule has 0 aromatic heterocycles. The number of thioether (sulfide) groups is 1. The van der Waals surface area contributed by atoms with Gasteiger partial charge in [0, 0.05) is 17.2 Å². The molecule has 2 aromatic carbocycles. The van der Waals surface area contributed by atoms with Crippen molar-refractivity contribution in [2.75, 3.05) is 14.2 Å². The van der Waals surface area contributed by atoms with E-state index < -0.39 is 16.1 Å². The largest absolute Gasteiger partial charge is 0.497 e. The number of methoxy groups -OCH3 is 2. The van der Waals surface area contributed by atoms with Crippen molar-refractivity contribution >= 4 is 34.7 Å². The topological polar surface area (TPSA) is 99.0 Å². The molecule has 0 N–H and O–H groups in total. The Morgan fingerprint density at radius 2 is 1.89 bits per heavy atom. The summed E-state index contributed by atoms with van der Waals surface area (Å²) in [5, 5.41) is 10.7. The molecule has 1 saturated heterocycles. The predicted octanol–water partition coefficient (Wildman–Crippen LogP) is 3.85. The van der Waals surface area contributed by atoms with E-state index in [1.54, 1.807) is 30.3 Å². The molecule has 1 heterocycles. The van der Waals surface area contributed by atoms with Gasteiger partial charge in [-0.3, -0.25) is 24.6 Å². The Morgan fingerprint density at radius 1 is 1.14 bits per heavy atom. The van der Waals surface area contributed by atoms with Gasteiger partial charge in [-0.25, -0.2) is 0 Å². The number of nitrogens with zero attached hydrogens (tertiary/aromatic N) is 2. The van der Waals surface area contributed by atoms with E-state index >= 15 is 0 Å². The standard InChI is InChI=1S/C19H16N2O6S/c1-26-14-7-8-16(27-2)13(9-14)10-17-18(22)20(19(23)28-17)11-12-5-3-4-6-15(12)21(24)25/h3-10H,11H2,1-2H3/b17-10-. The fourth-order valence-corrected chi connectivity index (χ4v) is 3.55. The number of imide groups is 1. The van der Waals surface area contributed by atoms with E-state index in [9.17, 15) is 19.7 Å². The van der Waals surface area contributed by atoms with E-state index in [4.69, 9.17) is 9.47 Å². The van der Waals surface area contributed by atoms with Crippen LogP contribution >= 0.6 is 11.8 Å². The van der Waals surface area contributed by atoms with Gasteiger partial charge in [0.25, 0.3) is 16.8 Å². The van der Waals surface area contributed by atoms with Gasteiger partial charge in [0.05, 0.1) is 30.6 Å². The molecule has 2 amide bonds. The minimum Gasteiger partial charge on any atom is -0.497 e. The third kappa shape index (κ3) is 3.84. The first kappa shape index (κ1) is 19.4. The molecular formula is C19H16N2O6S. The summed E-state index contributed by atoms with van der Waals surface area (Å²) in [5.41, 5.74) is 0.730. The van der Waals surface area contributed by atoms with Crippen molar-refractivity contribution in [3.05, 3.63) is 68.6 Å². The highest BCUT2D eigenvalue weighted by Crippen LogP contribution is 2.36. The van der Waals surface area contributed by atoms with Crippen molar-refractivity contribution in [2.24, 2.45) is 0 Å². The maximum atomic E-state index is 12.7. The van der Waals surface area contributed by atoms with Crippen molar-refractivity contribution in [1.29, 1.82) is 0 Å². The van der Waals surface area contributed by atoms with Crippen LogP contribution in [-0.4, -0.2) is 35.2 Å². The maximum absolute atomic E-state index is 12.7. The highest BCUT2D eigenvalue weighted by molar-refractivity contribution is 8.18. The number of ether oxygens (including phenoxy) is 2. The van der Waals surface area contributed by atoms with Gasteiger partial charge in [0.15, 0.2) is 0 Å². The number of nitro benzene ring substituents is 1. The van der Waals surface area contributed by atoms with E-state index in [1.165, 1.54) is 32.4 Å².